The van der Waals surface area contributed by atoms with Gasteiger partial charge in [0.2, 0.25) is 0 Å². The molecule has 137 valence electrons. The molecule has 0 heterocycles. The molecule has 0 aliphatic rings. The maximum Gasteiger partial charge on any atom is 0.335 e. The normalized spacial score (nSPS) is 10.6. The Morgan fingerprint density at radius 1 is 1.00 bits per heavy atom. The third kappa shape index (κ3) is 5.48. The number of benzene rings is 2. The number of nitrogens with one attached hydrogen (secondary N) is 1. The van der Waals surface area contributed by atoms with Gasteiger partial charge in [0.25, 0.3) is 15.8 Å². The number of carboxylic acids is 2. The minimum Gasteiger partial charge on any atom is -0.478 e. The van der Waals surface area contributed by atoms with E-state index in [0.717, 1.165) is 30.3 Å². The minimum atomic E-state index is -4.86. The number of rotatable bonds is 6. The Morgan fingerprint density at radius 3 is 1.93 bits per heavy atom. The van der Waals surface area contributed by atoms with Gasteiger partial charge in [-0.1, -0.05) is 0 Å². The van der Waals surface area contributed by atoms with Gasteiger partial charge in [0, 0.05) is 47.4 Å². The standard InChI is InChI=1S/C14H10N2O9S.Na/c17-13(18)7-3-8(14(19)20)5-9(4-7)15-11-2-1-10(16(21)22)6-12(11)26(23,24)25;/h1-6,15H,(H,17,18)(H,19,20)(H,23,24,25);. The molecular formula is C14H10N2NaO9S. The van der Waals surface area contributed by atoms with Crippen molar-refractivity contribution >= 4 is 68.7 Å². The summed E-state index contributed by atoms with van der Waals surface area (Å²) in [6.45, 7) is 0. The predicted octanol–water partition coefficient (Wildman–Crippen LogP) is 1.60. The second-order valence-electron chi connectivity index (χ2n) is 4.95. The monoisotopic (exact) mass is 405 g/mol. The van der Waals surface area contributed by atoms with Crippen LogP contribution in [0.25, 0.3) is 0 Å². The van der Waals surface area contributed by atoms with Crippen LogP contribution in [0.4, 0.5) is 17.1 Å². The van der Waals surface area contributed by atoms with Crippen LogP contribution in [0.3, 0.4) is 0 Å². The van der Waals surface area contributed by atoms with Gasteiger partial charge < -0.3 is 15.5 Å². The van der Waals surface area contributed by atoms with E-state index >= 15 is 0 Å². The fraction of sp³-hybridized carbons (Fsp3) is 0. The molecule has 2 aromatic rings. The third-order valence-corrected chi connectivity index (χ3v) is 4.05. The zero-order valence-electron chi connectivity index (χ0n) is 13.6. The molecule has 11 nitrogen and oxygen atoms in total. The fourth-order valence-electron chi connectivity index (χ4n) is 2.04. The van der Waals surface area contributed by atoms with Crippen LogP contribution >= 0.6 is 0 Å². The number of hydrogen-bond acceptors (Lipinski definition) is 7. The molecule has 0 saturated heterocycles. The molecule has 27 heavy (non-hydrogen) atoms. The summed E-state index contributed by atoms with van der Waals surface area (Å²) in [7, 11) is -4.86. The van der Waals surface area contributed by atoms with Gasteiger partial charge in [0.05, 0.1) is 21.7 Å². The van der Waals surface area contributed by atoms with Gasteiger partial charge >= 0.3 is 11.9 Å². The first-order chi connectivity index (χ1) is 12.0. The molecule has 1 radical (unpaired) electrons. The van der Waals surface area contributed by atoms with Crippen LogP contribution in [0.1, 0.15) is 20.7 Å². The molecule has 2 rings (SSSR count). The molecule has 2 aromatic carbocycles. The first-order valence-corrected chi connectivity index (χ1v) is 8.07. The SMILES string of the molecule is O=C(O)c1cc(Nc2ccc([N+](=O)[O-])cc2S(=O)(=O)O)cc(C(=O)O)c1.[Na]. The summed E-state index contributed by atoms with van der Waals surface area (Å²) in [5.74, 6) is -2.84. The van der Waals surface area contributed by atoms with Crippen molar-refractivity contribution < 1.29 is 37.7 Å². The van der Waals surface area contributed by atoms with E-state index in [2.05, 4.69) is 5.32 Å². The zero-order chi connectivity index (χ0) is 19.6. The largest absolute Gasteiger partial charge is 0.478 e. The second-order valence-corrected chi connectivity index (χ2v) is 6.34. The first-order valence-electron chi connectivity index (χ1n) is 6.63. The Kier molecular flexibility index (Phi) is 7.05. The number of nitro groups is 1. The maximum absolute atomic E-state index is 11.5. The quantitative estimate of drug-likeness (QED) is 0.238. The van der Waals surface area contributed by atoms with Crippen LogP contribution in [-0.4, -0.2) is 69.6 Å². The minimum absolute atomic E-state index is 0. The van der Waals surface area contributed by atoms with E-state index in [1.54, 1.807) is 0 Å². The summed E-state index contributed by atoms with van der Waals surface area (Å²) in [5, 5.41) is 31.3. The molecule has 0 aromatic heterocycles. The van der Waals surface area contributed by atoms with Crippen molar-refractivity contribution in [1.82, 2.24) is 0 Å². The van der Waals surface area contributed by atoms with Gasteiger partial charge in [-0.3, -0.25) is 14.7 Å². The molecule has 0 unspecified atom stereocenters. The molecule has 4 N–H and O–H groups in total. The van der Waals surface area contributed by atoms with Gasteiger partial charge in [0.1, 0.15) is 4.90 Å². The van der Waals surface area contributed by atoms with Gasteiger partial charge in [-0.15, -0.1) is 0 Å². The number of non-ortho nitro benzene ring substituents is 1. The topological polar surface area (TPSA) is 184 Å². The zero-order valence-corrected chi connectivity index (χ0v) is 16.4. The molecule has 0 aliphatic heterocycles. The molecule has 0 aliphatic carbocycles. The molecule has 0 bridgehead atoms. The number of hydrogen-bond donors (Lipinski definition) is 4. The average molecular weight is 405 g/mol. The molecule has 0 spiro atoms. The van der Waals surface area contributed by atoms with Crippen molar-refractivity contribution in [2.24, 2.45) is 0 Å². The number of carboxylic acid groups (broad SMARTS) is 2. The van der Waals surface area contributed by atoms with E-state index in [1.165, 1.54) is 0 Å². The second kappa shape index (κ2) is 8.45. The summed E-state index contributed by atoms with van der Waals surface area (Å²) < 4.78 is 32.2. The number of carbonyl (C=O) groups is 2. The van der Waals surface area contributed by atoms with Crippen LogP contribution in [0.5, 0.6) is 0 Å². The van der Waals surface area contributed by atoms with Crippen LogP contribution in [0.15, 0.2) is 41.3 Å². The Hall–Kier alpha value is -2.51. The van der Waals surface area contributed by atoms with E-state index in [0.29, 0.717) is 6.07 Å². The number of nitrogens with zero attached hydrogens (tertiary/aromatic N) is 1. The van der Waals surface area contributed by atoms with Gasteiger partial charge in [-0.25, -0.2) is 9.59 Å². The maximum atomic E-state index is 11.5. The molecule has 0 saturated carbocycles. The van der Waals surface area contributed by atoms with Crippen molar-refractivity contribution in [2.75, 3.05) is 5.32 Å². The summed E-state index contributed by atoms with van der Waals surface area (Å²) in [6.07, 6.45) is 0. The fourth-order valence-corrected chi connectivity index (χ4v) is 2.71. The molecule has 0 atom stereocenters. The van der Waals surface area contributed by atoms with Gasteiger partial charge in [-0.05, 0) is 24.3 Å². The average Bonchev–Trinajstić information content (AvgIpc) is 2.53. The number of anilines is 2. The Balaban J connectivity index is 0.00000364. The molecule has 0 fully saturated rings. The molecule has 13 heteroatoms. The van der Waals surface area contributed by atoms with Crippen LogP contribution in [0, 0.1) is 10.1 Å². The van der Waals surface area contributed by atoms with Crippen molar-refractivity contribution in [1.29, 1.82) is 0 Å². The van der Waals surface area contributed by atoms with Crippen molar-refractivity contribution in [2.45, 2.75) is 4.90 Å². The molecule has 0 amide bonds. The van der Waals surface area contributed by atoms with Gasteiger partial charge in [-0.2, -0.15) is 8.42 Å². The van der Waals surface area contributed by atoms with E-state index in [4.69, 9.17) is 10.2 Å². The van der Waals surface area contributed by atoms with E-state index in [9.17, 15) is 32.7 Å². The Morgan fingerprint density at radius 2 is 1.52 bits per heavy atom. The summed E-state index contributed by atoms with van der Waals surface area (Å²) in [6, 6.07) is 5.51. The smallest absolute Gasteiger partial charge is 0.335 e. The predicted molar refractivity (Wildman–Crippen MR) is 92.3 cm³/mol. The summed E-state index contributed by atoms with van der Waals surface area (Å²) in [5.41, 5.74) is -1.79. The van der Waals surface area contributed by atoms with Crippen LogP contribution in [0.2, 0.25) is 0 Å². The van der Waals surface area contributed by atoms with E-state index < -0.39 is 37.6 Å². The van der Waals surface area contributed by atoms with Crippen molar-refractivity contribution in [3.05, 3.63) is 57.6 Å². The first kappa shape index (κ1) is 22.5. The Bertz CT molecular complexity index is 1000. The van der Waals surface area contributed by atoms with Crippen LogP contribution in [-0.2, 0) is 10.1 Å². The summed E-state index contributed by atoms with van der Waals surface area (Å²) in [4.78, 5) is 31.3. The number of aromatic carboxylic acids is 2. The van der Waals surface area contributed by atoms with Crippen LogP contribution < -0.4 is 5.32 Å². The van der Waals surface area contributed by atoms with E-state index in [-0.39, 0.29) is 52.1 Å². The Labute approximate surface area is 173 Å². The van der Waals surface area contributed by atoms with E-state index in [1.807, 2.05) is 0 Å². The third-order valence-electron chi connectivity index (χ3n) is 3.16. The van der Waals surface area contributed by atoms with Crippen molar-refractivity contribution in [3.63, 3.8) is 0 Å². The number of nitro benzene ring substituents is 1. The summed E-state index contributed by atoms with van der Waals surface area (Å²) >= 11 is 0. The molecular weight excluding hydrogens is 395 g/mol. The van der Waals surface area contributed by atoms with Crippen molar-refractivity contribution in [3.8, 4) is 0 Å². The van der Waals surface area contributed by atoms with Gasteiger partial charge in [0.15, 0.2) is 0 Å².